The number of rotatable bonds is 5. The first kappa shape index (κ1) is 17.7. The summed E-state index contributed by atoms with van der Waals surface area (Å²) in [6, 6.07) is 10.9. The summed E-state index contributed by atoms with van der Waals surface area (Å²) in [7, 11) is 0. The molecule has 7 heteroatoms. The van der Waals surface area contributed by atoms with E-state index in [2.05, 4.69) is 15.2 Å². The summed E-state index contributed by atoms with van der Waals surface area (Å²) in [6.07, 6.45) is -0.790. The lowest BCUT2D eigenvalue weighted by atomic mass is 10.0. The number of ether oxygens (including phenoxy) is 1. The molecular formula is C18H20F3N3O. The monoisotopic (exact) mass is 351 g/mol. The number of nitrogens with one attached hydrogen (secondary N) is 1. The minimum absolute atomic E-state index is 0.123. The Morgan fingerprint density at radius 3 is 2.80 bits per heavy atom. The lowest BCUT2D eigenvalue weighted by molar-refractivity contribution is -0.153. The van der Waals surface area contributed by atoms with Gasteiger partial charge in [-0.2, -0.15) is 13.2 Å². The molecule has 2 aromatic rings. The fraction of sp³-hybridized carbons (Fsp3) is 0.389. The molecule has 1 unspecified atom stereocenters. The molecule has 1 fully saturated rings. The third-order valence-corrected chi connectivity index (χ3v) is 4.16. The van der Waals surface area contributed by atoms with Gasteiger partial charge in [-0.05, 0) is 17.7 Å². The molecule has 3 rings (SSSR count). The van der Waals surface area contributed by atoms with Crippen LogP contribution in [0.15, 0.2) is 48.8 Å². The molecule has 25 heavy (non-hydrogen) atoms. The van der Waals surface area contributed by atoms with Crippen molar-refractivity contribution in [3.05, 3.63) is 59.9 Å². The minimum Gasteiger partial charge on any atom is -0.484 e. The second-order valence-electron chi connectivity index (χ2n) is 5.99. The second kappa shape index (κ2) is 7.84. The molecule has 0 bridgehead atoms. The number of piperazine rings is 1. The van der Waals surface area contributed by atoms with Crippen LogP contribution in [0.25, 0.3) is 0 Å². The normalized spacial score (nSPS) is 18.9. The highest BCUT2D eigenvalue weighted by molar-refractivity contribution is 5.33. The van der Waals surface area contributed by atoms with E-state index in [4.69, 9.17) is 4.74 Å². The molecule has 0 saturated carbocycles. The van der Waals surface area contributed by atoms with Crippen molar-refractivity contribution in [2.45, 2.75) is 18.8 Å². The maximum atomic E-state index is 12.5. The number of hydrogen-bond donors (Lipinski definition) is 1. The number of aromatic nitrogens is 1. The predicted molar refractivity (Wildman–Crippen MR) is 88.2 cm³/mol. The first-order valence-electron chi connectivity index (χ1n) is 8.15. The molecule has 0 aliphatic carbocycles. The third kappa shape index (κ3) is 4.93. The van der Waals surface area contributed by atoms with Crippen LogP contribution in [0.4, 0.5) is 13.2 Å². The lowest BCUT2D eigenvalue weighted by Gasteiger charge is -2.36. The summed E-state index contributed by atoms with van der Waals surface area (Å²) in [5.74, 6) is 0.281. The van der Waals surface area contributed by atoms with Gasteiger partial charge in [-0.25, -0.2) is 0 Å². The van der Waals surface area contributed by atoms with Crippen LogP contribution in [0, 0.1) is 0 Å². The van der Waals surface area contributed by atoms with Crippen LogP contribution in [0.1, 0.15) is 17.2 Å². The number of pyridine rings is 1. The van der Waals surface area contributed by atoms with Gasteiger partial charge in [-0.1, -0.05) is 24.3 Å². The van der Waals surface area contributed by atoms with Crippen molar-refractivity contribution in [2.24, 2.45) is 0 Å². The zero-order valence-electron chi connectivity index (χ0n) is 13.7. The van der Waals surface area contributed by atoms with Gasteiger partial charge in [0, 0.05) is 50.2 Å². The quantitative estimate of drug-likeness (QED) is 0.898. The average Bonchev–Trinajstić information content (AvgIpc) is 2.61. The van der Waals surface area contributed by atoms with Crippen LogP contribution in [0.3, 0.4) is 0 Å². The molecule has 1 aromatic carbocycles. The number of alkyl halides is 3. The van der Waals surface area contributed by atoms with Gasteiger partial charge in [0.05, 0.1) is 0 Å². The zero-order valence-corrected chi connectivity index (χ0v) is 13.7. The highest BCUT2D eigenvalue weighted by Crippen LogP contribution is 2.28. The number of para-hydroxylation sites is 1. The highest BCUT2D eigenvalue weighted by Gasteiger charge is 2.29. The Morgan fingerprint density at radius 2 is 2.04 bits per heavy atom. The molecule has 134 valence electrons. The van der Waals surface area contributed by atoms with Gasteiger partial charge in [-0.3, -0.25) is 9.88 Å². The van der Waals surface area contributed by atoms with Crippen molar-refractivity contribution >= 4 is 0 Å². The van der Waals surface area contributed by atoms with Gasteiger partial charge >= 0.3 is 6.18 Å². The standard InChI is InChI=1S/C18H20F3N3O/c19-18(20,21)13-25-17-6-2-1-4-15(17)12-24-9-8-23-11-16(24)14-5-3-7-22-10-14/h1-7,10,16,23H,8-9,11-13H2. The van der Waals surface area contributed by atoms with Crippen molar-refractivity contribution in [2.75, 3.05) is 26.2 Å². The zero-order chi connectivity index (χ0) is 17.7. The van der Waals surface area contributed by atoms with E-state index in [1.807, 2.05) is 30.5 Å². The molecule has 1 N–H and O–H groups in total. The Kier molecular flexibility index (Phi) is 5.55. The summed E-state index contributed by atoms with van der Waals surface area (Å²) in [5.41, 5.74) is 1.84. The van der Waals surface area contributed by atoms with E-state index in [-0.39, 0.29) is 11.8 Å². The van der Waals surface area contributed by atoms with Crippen LogP contribution in [-0.4, -0.2) is 42.3 Å². The molecule has 1 saturated heterocycles. The van der Waals surface area contributed by atoms with Crippen molar-refractivity contribution in [1.82, 2.24) is 15.2 Å². The Hall–Kier alpha value is -2.12. The summed E-state index contributed by atoms with van der Waals surface area (Å²) >= 11 is 0. The van der Waals surface area contributed by atoms with Crippen LogP contribution in [-0.2, 0) is 6.54 Å². The van der Waals surface area contributed by atoms with Crippen molar-refractivity contribution in [3.8, 4) is 5.75 Å². The molecule has 1 aromatic heterocycles. The van der Waals surface area contributed by atoms with Gasteiger partial charge in [-0.15, -0.1) is 0 Å². The van der Waals surface area contributed by atoms with E-state index in [0.29, 0.717) is 6.54 Å². The first-order chi connectivity index (χ1) is 12.0. The van der Waals surface area contributed by atoms with Crippen LogP contribution >= 0.6 is 0 Å². The predicted octanol–water partition coefficient (Wildman–Crippen LogP) is 3.17. The smallest absolute Gasteiger partial charge is 0.422 e. The molecule has 4 nitrogen and oxygen atoms in total. The molecule has 1 aliphatic heterocycles. The van der Waals surface area contributed by atoms with E-state index in [1.54, 1.807) is 18.3 Å². The molecule has 1 atom stereocenters. The molecular weight excluding hydrogens is 331 g/mol. The van der Waals surface area contributed by atoms with Gasteiger partial charge in [0.2, 0.25) is 0 Å². The van der Waals surface area contributed by atoms with Gasteiger partial charge in [0.1, 0.15) is 5.75 Å². The first-order valence-corrected chi connectivity index (χ1v) is 8.15. The Balaban J connectivity index is 1.76. The van der Waals surface area contributed by atoms with Gasteiger partial charge < -0.3 is 10.1 Å². The van der Waals surface area contributed by atoms with Crippen molar-refractivity contribution in [3.63, 3.8) is 0 Å². The van der Waals surface area contributed by atoms with Crippen LogP contribution < -0.4 is 10.1 Å². The van der Waals surface area contributed by atoms with Gasteiger partial charge in [0.25, 0.3) is 0 Å². The molecule has 2 heterocycles. The van der Waals surface area contributed by atoms with Crippen LogP contribution in [0.5, 0.6) is 5.75 Å². The molecule has 1 aliphatic rings. The van der Waals surface area contributed by atoms with E-state index in [9.17, 15) is 13.2 Å². The van der Waals surface area contributed by atoms with E-state index in [0.717, 1.165) is 30.8 Å². The maximum Gasteiger partial charge on any atom is 0.422 e. The number of nitrogens with zero attached hydrogens (tertiary/aromatic N) is 2. The Morgan fingerprint density at radius 1 is 1.20 bits per heavy atom. The number of hydrogen-bond acceptors (Lipinski definition) is 4. The topological polar surface area (TPSA) is 37.4 Å². The summed E-state index contributed by atoms with van der Waals surface area (Å²) in [6.45, 7) is 1.65. The Bertz CT molecular complexity index is 679. The third-order valence-electron chi connectivity index (χ3n) is 4.16. The average molecular weight is 351 g/mol. The Labute approximate surface area is 144 Å². The summed E-state index contributed by atoms with van der Waals surface area (Å²) < 4.78 is 42.4. The largest absolute Gasteiger partial charge is 0.484 e. The van der Waals surface area contributed by atoms with E-state index >= 15 is 0 Å². The number of benzene rings is 1. The van der Waals surface area contributed by atoms with Crippen molar-refractivity contribution in [1.29, 1.82) is 0 Å². The summed E-state index contributed by atoms with van der Waals surface area (Å²) in [4.78, 5) is 6.41. The van der Waals surface area contributed by atoms with Crippen molar-refractivity contribution < 1.29 is 17.9 Å². The second-order valence-corrected chi connectivity index (χ2v) is 5.99. The summed E-state index contributed by atoms with van der Waals surface area (Å²) in [5, 5.41) is 3.36. The fourth-order valence-electron chi connectivity index (χ4n) is 2.99. The maximum absolute atomic E-state index is 12.5. The van der Waals surface area contributed by atoms with E-state index < -0.39 is 12.8 Å². The van der Waals surface area contributed by atoms with E-state index in [1.165, 1.54) is 0 Å². The molecule has 0 spiro atoms. The SMILES string of the molecule is FC(F)(F)COc1ccccc1CN1CCNCC1c1cccnc1. The molecule has 0 amide bonds. The molecule has 0 radical (unpaired) electrons. The fourth-order valence-corrected chi connectivity index (χ4v) is 2.99. The minimum atomic E-state index is -4.35. The van der Waals surface area contributed by atoms with Crippen LogP contribution in [0.2, 0.25) is 0 Å². The highest BCUT2D eigenvalue weighted by atomic mass is 19.4. The number of halogens is 3. The van der Waals surface area contributed by atoms with Gasteiger partial charge in [0.15, 0.2) is 6.61 Å². The lowest BCUT2D eigenvalue weighted by Crippen LogP contribution is -2.45.